The Morgan fingerprint density at radius 1 is 1.44 bits per heavy atom. The molecule has 0 aliphatic carbocycles. The van der Waals surface area contributed by atoms with Gasteiger partial charge in [0.1, 0.15) is 0 Å². The number of pyridine rings is 1. The van der Waals surface area contributed by atoms with Crippen LogP contribution in [0.3, 0.4) is 0 Å². The van der Waals surface area contributed by atoms with E-state index < -0.39 is 0 Å². The van der Waals surface area contributed by atoms with Crippen molar-refractivity contribution in [1.82, 2.24) is 9.88 Å². The third-order valence-electron chi connectivity index (χ3n) is 3.23. The van der Waals surface area contributed by atoms with Gasteiger partial charge < -0.3 is 4.90 Å². The molecule has 2 heteroatoms. The second-order valence-electron chi connectivity index (χ2n) is 4.58. The van der Waals surface area contributed by atoms with Crippen LogP contribution in [0.15, 0.2) is 48.8 Å². The first-order valence-electron chi connectivity index (χ1n) is 6.22. The van der Waals surface area contributed by atoms with E-state index in [0.29, 0.717) is 6.04 Å². The second-order valence-corrected chi connectivity index (χ2v) is 4.58. The zero-order chi connectivity index (χ0) is 12.8. The van der Waals surface area contributed by atoms with Gasteiger partial charge in [0.25, 0.3) is 0 Å². The summed E-state index contributed by atoms with van der Waals surface area (Å²) in [5.41, 5.74) is 1.07. The molecule has 1 aliphatic rings. The highest BCUT2D eigenvalue weighted by molar-refractivity contribution is 5.15. The maximum atomic E-state index is 5.64. The molecule has 0 saturated heterocycles. The summed E-state index contributed by atoms with van der Waals surface area (Å²) in [6, 6.07) is 6.35. The van der Waals surface area contributed by atoms with Crippen LogP contribution in [-0.4, -0.2) is 23.0 Å². The lowest BCUT2D eigenvalue weighted by molar-refractivity contribution is 0.334. The van der Waals surface area contributed by atoms with Crippen LogP contribution in [0.2, 0.25) is 0 Å². The van der Waals surface area contributed by atoms with Crippen molar-refractivity contribution in [3.05, 3.63) is 54.5 Å². The fourth-order valence-corrected chi connectivity index (χ4v) is 2.14. The maximum Gasteiger partial charge on any atom is 0.0479 e. The van der Waals surface area contributed by atoms with Gasteiger partial charge in [0.05, 0.1) is 0 Å². The highest BCUT2D eigenvalue weighted by Gasteiger charge is 2.16. The van der Waals surface area contributed by atoms with Gasteiger partial charge in [-0.2, -0.15) is 0 Å². The van der Waals surface area contributed by atoms with E-state index in [-0.39, 0.29) is 5.92 Å². The third-order valence-corrected chi connectivity index (χ3v) is 3.23. The summed E-state index contributed by atoms with van der Waals surface area (Å²) in [5, 5.41) is 0. The molecule has 0 aromatic carbocycles. The average molecular weight is 238 g/mol. The molecule has 92 valence electrons. The predicted octanol–water partition coefficient (Wildman–Crippen LogP) is 2.65. The highest BCUT2D eigenvalue weighted by atomic mass is 15.1. The second kappa shape index (κ2) is 6.07. The van der Waals surface area contributed by atoms with Gasteiger partial charge in [0.2, 0.25) is 0 Å². The molecular formula is C16H18N2. The molecule has 1 aliphatic heterocycles. The largest absolute Gasteiger partial charge is 0.374 e. The Morgan fingerprint density at radius 3 is 3.00 bits per heavy atom. The van der Waals surface area contributed by atoms with Gasteiger partial charge in [-0.05, 0) is 30.8 Å². The molecule has 2 nitrogen and oxygen atoms in total. The number of hydrogen-bond donors (Lipinski definition) is 0. The minimum absolute atomic E-state index is 0.225. The van der Waals surface area contributed by atoms with E-state index in [1.54, 1.807) is 0 Å². The van der Waals surface area contributed by atoms with E-state index in [1.807, 2.05) is 30.5 Å². The Kier molecular flexibility index (Phi) is 4.20. The summed E-state index contributed by atoms with van der Waals surface area (Å²) in [7, 11) is 2.08. The maximum absolute atomic E-state index is 5.64. The molecule has 2 rings (SSSR count). The van der Waals surface area contributed by atoms with E-state index >= 15 is 0 Å². The smallest absolute Gasteiger partial charge is 0.0479 e. The van der Waals surface area contributed by atoms with E-state index in [2.05, 4.69) is 41.2 Å². The molecule has 0 N–H and O–H groups in total. The van der Waals surface area contributed by atoms with Crippen LogP contribution in [0.4, 0.5) is 0 Å². The normalized spacial score (nSPS) is 19.6. The number of nitrogens with zero attached hydrogens (tertiary/aromatic N) is 2. The van der Waals surface area contributed by atoms with Crippen LogP contribution in [-0.2, 0) is 6.42 Å². The zero-order valence-electron chi connectivity index (χ0n) is 10.7. The Balaban J connectivity index is 1.96. The van der Waals surface area contributed by atoms with Crippen molar-refractivity contribution in [2.45, 2.75) is 18.9 Å². The van der Waals surface area contributed by atoms with Crippen LogP contribution < -0.4 is 0 Å². The van der Waals surface area contributed by atoms with E-state index in [4.69, 9.17) is 6.42 Å². The minimum atomic E-state index is 0.225. The Labute approximate surface area is 109 Å². The number of terminal acetylenes is 1. The summed E-state index contributed by atoms with van der Waals surface area (Å²) < 4.78 is 0. The molecule has 2 heterocycles. The van der Waals surface area contributed by atoms with Crippen LogP contribution in [0.5, 0.6) is 0 Å². The van der Waals surface area contributed by atoms with Crippen LogP contribution in [0.25, 0.3) is 0 Å². The molecule has 0 bridgehead atoms. The molecule has 0 fully saturated rings. The van der Waals surface area contributed by atoms with Crippen molar-refractivity contribution in [3.8, 4) is 12.3 Å². The van der Waals surface area contributed by atoms with Gasteiger partial charge in [0, 0.05) is 37.3 Å². The third kappa shape index (κ3) is 3.24. The summed E-state index contributed by atoms with van der Waals surface area (Å²) in [5.74, 6) is 3.12. The molecule has 1 aromatic heterocycles. The number of rotatable bonds is 4. The molecule has 0 saturated carbocycles. The first kappa shape index (κ1) is 12.4. The topological polar surface area (TPSA) is 16.1 Å². The van der Waals surface area contributed by atoms with Crippen molar-refractivity contribution in [2.75, 3.05) is 7.05 Å². The van der Waals surface area contributed by atoms with Gasteiger partial charge in [-0.25, -0.2) is 0 Å². The van der Waals surface area contributed by atoms with Crippen molar-refractivity contribution < 1.29 is 0 Å². The predicted molar refractivity (Wildman–Crippen MR) is 74.7 cm³/mol. The first-order valence-corrected chi connectivity index (χ1v) is 6.22. The van der Waals surface area contributed by atoms with Gasteiger partial charge in [-0.15, -0.1) is 12.3 Å². The van der Waals surface area contributed by atoms with Crippen LogP contribution in [0, 0.1) is 18.3 Å². The average Bonchev–Trinajstić information content (AvgIpc) is 2.41. The molecule has 0 spiro atoms. The van der Waals surface area contributed by atoms with E-state index in [9.17, 15) is 0 Å². The van der Waals surface area contributed by atoms with Crippen molar-refractivity contribution >= 4 is 0 Å². The standard InChI is InChI=1S/C16H18N2/c1-3-14(12-15-8-4-6-10-17-15)13-16-9-5-7-11-18(16)2/h1,4-11,14,16H,12-13H2,2H3. The fourth-order valence-electron chi connectivity index (χ4n) is 2.14. The Morgan fingerprint density at radius 2 is 2.33 bits per heavy atom. The summed E-state index contributed by atoms with van der Waals surface area (Å²) in [4.78, 5) is 6.53. The lowest BCUT2D eigenvalue weighted by Crippen LogP contribution is -2.29. The van der Waals surface area contributed by atoms with Crippen LogP contribution >= 0.6 is 0 Å². The van der Waals surface area contributed by atoms with E-state index in [1.165, 1.54) is 0 Å². The van der Waals surface area contributed by atoms with Crippen molar-refractivity contribution in [2.24, 2.45) is 5.92 Å². The van der Waals surface area contributed by atoms with Gasteiger partial charge >= 0.3 is 0 Å². The Hall–Kier alpha value is -2.01. The SMILES string of the molecule is C#CC(Cc1ccccn1)CC1C=CC=CN1C. The van der Waals surface area contributed by atoms with Crippen molar-refractivity contribution in [3.63, 3.8) is 0 Å². The highest BCUT2D eigenvalue weighted by Crippen LogP contribution is 2.18. The molecule has 2 atom stereocenters. The van der Waals surface area contributed by atoms with E-state index in [0.717, 1.165) is 18.5 Å². The number of allylic oxidation sites excluding steroid dienone is 2. The molecular weight excluding hydrogens is 220 g/mol. The quantitative estimate of drug-likeness (QED) is 0.750. The molecule has 18 heavy (non-hydrogen) atoms. The first-order chi connectivity index (χ1) is 8.79. The molecule has 0 radical (unpaired) electrons. The lowest BCUT2D eigenvalue weighted by atomic mass is 9.94. The monoisotopic (exact) mass is 238 g/mol. The number of hydrogen-bond acceptors (Lipinski definition) is 2. The molecule has 0 amide bonds. The Bertz CT molecular complexity index is 468. The van der Waals surface area contributed by atoms with Gasteiger partial charge in [0.15, 0.2) is 0 Å². The van der Waals surface area contributed by atoms with Gasteiger partial charge in [-0.1, -0.05) is 18.2 Å². The van der Waals surface area contributed by atoms with Crippen molar-refractivity contribution in [1.29, 1.82) is 0 Å². The lowest BCUT2D eigenvalue weighted by Gasteiger charge is -2.28. The number of likely N-dealkylation sites (N-methyl/N-ethyl adjacent to an activating group) is 1. The molecule has 1 aromatic rings. The summed E-state index contributed by atoms with van der Waals surface area (Å²) in [6.07, 6.45) is 17.7. The van der Waals surface area contributed by atoms with Crippen LogP contribution in [0.1, 0.15) is 12.1 Å². The fraction of sp³-hybridized carbons (Fsp3) is 0.312. The summed E-state index contributed by atoms with van der Waals surface area (Å²) in [6.45, 7) is 0. The number of aromatic nitrogens is 1. The molecule has 2 unspecified atom stereocenters. The summed E-state index contributed by atoms with van der Waals surface area (Å²) >= 11 is 0. The zero-order valence-corrected chi connectivity index (χ0v) is 10.7. The van der Waals surface area contributed by atoms with Gasteiger partial charge in [-0.3, -0.25) is 4.98 Å². The minimum Gasteiger partial charge on any atom is -0.374 e.